The Bertz CT molecular complexity index is 487. The lowest BCUT2D eigenvalue weighted by molar-refractivity contribution is 0.406. The summed E-state index contributed by atoms with van der Waals surface area (Å²) in [5, 5.41) is 7.17. The highest BCUT2D eigenvalue weighted by Crippen LogP contribution is 2.20. The molecule has 0 spiro atoms. The third-order valence-corrected chi connectivity index (χ3v) is 2.81. The van der Waals surface area contributed by atoms with Gasteiger partial charge in [-0.25, -0.2) is 4.39 Å². The van der Waals surface area contributed by atoms with Gasteiger partial charge in [-0.05, 0) is 24.6 Å². The van der Waals surface area contributed by atoms with Gasteiger partial charge in [-0.2, -0.15) is 0 Å². The Hall–Kier alpha value is -1.39. The van der Waals surface area contributed by atoms with Gasteiger partial charge in [0, 0.05) is 18.7 Å². The number of benzene rings is 1. The van der Waals surface area contributed by atoms with Gasteiger partial charge in [-0.3, -0.25) is 0 Å². The van der Waals surface area contributed by atoms with E-state index in [1.54, 1.807) is 18.2 Å². The predicted octanol–water partition coefficient (Wildman–Crippen LogP) is 3.32. The van der Waals surface area contributed by atoms with Crippen LogP contribution in [0.25, 0.3) is 0 Å². The largest absolute Gasteiger partial charge is 0.364 e. The van der Waals surface area contributed by atoms with Crippen LogP contribution in [-0.2, 0) is 6.54 Å². The molecule has 0 aliphatic rings. The molecule has 0 radical (unpaired) electrons. The summed E-state index contributed by atoms with van der Waals surface area (Å²) < 4.78 is 17.7. The van der Waals surface area contributed by atoms with E-state index >= 15 is 0 Å². The lowest BCUT2D eigenvalue weighted by Gasteiger charge is -2.13. The Balaban J connectivity index is 1.99. The van der Waals surface area contributed by atoms with E-state index in [4.69, 9.17) is 16.1 Å². The van der Waals surface area contributed by atoms with Crippen molar-refractivity contribution < 1.29 is 8.91 Å². The van der Waals surface area contributed by atoms with Gasteiger partial charge >= 0.3 is 0 Å². The van der Waals surface area contributed by atoms with Gasteiger partial charge in [0.2, 0.25) is 0 Å². The molecule has 0 aliphatic heterocycles. The van der Waals surface area contributed by atoms with Crippen molar-refractivity contribution in [3.8, 4) is 0 Å². The highest BCUT2D eigenvalue weighted by molar-refractivity contribution is 6.30. The van der Waals surface area contributed by atoms with Crippen molar-refractivity contribution in [3.63, 3.8) is 0 Å². The van der Waals surface area contributed by atoms with Crippen LogP contribution in [0.1, 0.15) is 24.2 Å². The fourth-order valence-electron chi connectivity index (χ4n) is 1.49. The quantitative estimate of drug-likeness (QED) is 0.910. The summed E-state index contributed by atoms with van der Waals surface area (Å²) in [5.41, 5.74) is 1.75. The van der Waals surface area contributed by atoms with Crippen molar-refractivity contribution >= 4 is 11.6 Å². The highest BCUT2D eigenvalue weighted by atomic mass is 35.5. The van der Waals surface area contributed by atoms with Crippen molar-refractivity contribution in [2.75, 3.05) is 0 Å². The molecule has 0 fully saturated rings. The monoisotopic (exact) mass is 254 g/mol. The average molecular weight is 255 g/mol. The molecule has 0 saturated heterocycles. The van der Waals surface area contributed by atoms with Crippen LogP contribution in [0, 0.1) is 5.82 Å². The second kappa shape index (κ2) is 5.29. The maximum absolute atomic E-state index is 13.0. The van der Waals surface area contributed by atoms with E-state index in [-0.39, 0.29) is 11.1 Å². The number of hydrogen-bond acceptors (Lipinski definition) is 3. The first-order valence-electron chi connectivity index (χ1n) is 5.24. The first-order chi connectivity index (χ1) is 8.16. The second-order valence-corrected chi connectivity index (χ2v) is 4.17. The van der Waals surface area contributed by atoms with Crippen molar-refractivity contribution in [1.29, 1.82) is 0 Å². The lowest BCUT2D eigenvalue weighted by atomic mass is 10.1. The summed E-state index contributed by atoms with van der Waals surface area (Å²) in [6.45, 7) is 2.57. The minimum absolute atomic E-state index is 0.0600. The molecule has 2 aromatic rings. The summed E-state index contributed by atoms with van der Waals surface area (Å²) in [6, 6.07) is 6.55. The summed E-state index contributed by atoms with van der Waals surface area (Å²) in [6.07, 6.45) is 1.52. The molecule has 2 rings (SSSR count). The van der Waals surface area contributed by atoms with E-state index in [9.17, 15) is 4.39 Å². The number of hydrogen-bond donors (Lipinski definition) is 1. The van der Waals surface area contributed by atoms with Crippen molar-refractivity contribution in [2.45, 2.75) is 19.5 Å². The Morgan fingerprint density at radius 1 is 1.47 bits per heavy atom. The molecule has 1 aromatic heterocycles. The van der Waals surface area contributed by atoms with Crippen LogP contribution < -0.4 is 5.32 Å². The third-order valence-electron chi connectivity index (χ3n) is 2.52. The topological polar surface area (TPSA) is 38.1 Å². The Labute approximate surface area is 104 Å². The summed E-state index contributed by atoms with van der Waals surface area (Å²) in [7, 11) is 0. The highest BCUT2D eigenvalue weighted by Gasteiger charge is 2.08. The fourth-order valence-corrected chi connectivity index (χ4v) is 1.67. The maximum atomic E-state index is 13.0. The van der Waals surface area contributed by atoms with E-state index in [1.165, 1.54) is 12.3 Å². The summed E-state index contributed by atoms with van der Waals surface area (Å²) in [4.78, 5) is 0. The van der Waals surface area contributed by atoms with Gasteiger partial charge in [0.1, 0.15) is 12.1 Å². The molecule has 0 aliphatic carbocycles. The normalized spacial score (nSPS) is 12.6. The minimum Gasteiger partial charge on any atom is -0.364 e. The van der Waals surface area contributed by atoms with Crippen LogP contribution in [0.4, 0.5) is 4.39 Å². The van der Waals surface area contributed by atoms with E-state index < -0.39 is 5.82 Å². The van der Waals surface area contributed by atoms with Crippen molar-refractivity contribution in [2.24, 2.45) is 0 Å². The van der Waals surface area contributed by atoms with Crippen molar-refractivity contribution in [3.05, 3.63) is 52.6 Å². The average Bonchev–Trinajstić information content (AvgIpc) is 2.82. The van der Waals surface area contributed by atoms with Crippen LogP contribution >= 0.6 is 11.6 Å². The minimum atomic E-state index is -0.404. The standard InChI is InChI=1S/C12H12ClFN2O/c1-8(15-7-10-4-5-17-16-10)9-2-3-12(14)11(13)6-9/h2-6,8,15H,7H2,1H3. The number of nitrogens with one attached hydrogen (secondary N) is 1. The zero-order valence-electron chi connectivity index (χ0n) is 9.28. The molecule has 0 saturated carbocycles. The molecule has 1 aromatic carbocycles. The van der Waals surface area contributed by atoms with Gasteiger partial charge in [-0.1, -0.05) is 22.8 Å². The Morgan fingerprint density at radius 2 is 2.29 bits per heavy atom. The van der Waals surface area contributed by atoms with Crippen LogP contribution in [0.3, 0.4) is 0 Å². The molecule has 1 atom stereocenters. The molecule has 5 heteroatoms. The van der Waals surface area contributed by atoms with Crippen LogP contribution in [-0.4, -0.2) is 5.16 Å². The number of nitrogens with zero attached hydrogens (tertiary/aromatic N) is 1. The zero-order valence-corrected chi connectivity index (χ0v) is 10.0. The summed E-state index contributed by atoms with van der Waals surface area (Å²) in [5.74, 6) is -0.404. The smallest absolute Gasteiger partial charge is 0.141 e. The van der Waals surface area contributed by atoms with E-state index in [0.29, 0.717) is 6.54 Å². The SMILES string of the molecule is CC(NCc1ccon1)c1ccc(F)c(Cl)c1. The van der Waals surface area contributed by atoms with Gasteiger partial charge in [0.25, 0.3) is 0 Å². The van der Waals surface area contributed by atoms with E-state index in [0.717, 1.165) is 11.3 Å². The molecular formula is C12H12ClFN2O. The van der Waals surface area contributed by atoms with Crippen LogP contribution in [0.2, 0.25) is 5.02 Å². The summed E-state index contributed by atoms with van der Waals surface area (Å²) >= 11 is 5.73. The van der Waals surface area contributed by atoms with E-state index in [2.05, 4.69) is 10.5 Å². The Kier molecular flexibility index (Phi) is 3.76. The van der Waals surface area contributed by atoms with Crippen molar-refractivity contribution in [1.82, 2.24) is 10.5 Å². The molecule has 1 N–H and O–H groups in total. The van der Waals surface area contributed by atoms with E-state index in [1.807, 2.05) is 6.92 Å². The number of rotatable bonds is 4. The molecule has 0 amide bonds. The molecule has 0 bridgehead atoms. The van der Waals surface area contributed by atoms with Crippen LogP contribution in [0.15, 0.2) is 35.1 Å². The zero-order chi connectivity index (χ0) is 12.3. The molecule has 3 nitrogen and oxygen atoms in total. The second-order valence-electron chi connectivity index (χ2n) is 3.77. The number of halogens is 2. The van der Waals surface area contributed by atoms with Gasteiger partial charge in [0.05, 0.1) is 10.7 Å². The molecule has 1 unspecified atom stereocenters. The Morgan fingerprint density at radius 3 is 2.94 bits per heavy atom. The third kappa shape index (κ3) is 3.05. The predicted molar refractivity (Wildman–Crippen MR) is 63.2 cm³/mol. The molecule has 90 valence electrons. The fraction of sp³-hybridized carbons (Fsp3) is 0.250. The van der Waals surface area contributed by atoms with Gasteiger partial charge in [-0.15, -0.1) is 0 Å². The van der Waals surface area contributed by atoms with Crippen LogP contribution in [0.5, 0.6) is 0 Å². The maximum Gasteiger partial charge on any atom is 0.141 e. The lowest BCUT2D eigenvalue weighted by Crippen LogP contribution is -2.18. The van der Waals surface area contributed by atoms with Gasteiger partial charge < -0.3 is 9.84 Å². The first-order valence-corrected chi connectivity index (χ1v) is 5.62. The number of aromatic nitrogens is 1. The molecule has 1 heterocycles. The first kappa shape index (κ1) is 12.1. The van der Waals surface area contributed by atoms with Gasteiger partial charge in [0.15, 0.2) is 0 Å². The molecule has 17 heavy (non-hydrogen) atoms. The molecular weight excluding hydrogens is 243 g/mol.